The number of benzene rings is 1. The van der Waals surface area contributed by atoms with Gasteiger partial charge in [-0.25, -0.2) is 0 Å². The minimum atomic E-state index is -0.592. The van der Waals surface area contributed by atoms with E-state index in [1.165, 1.54) is 63.4 Å². The summed E-state index contributed by atoms with van der Waals surface area (Å²) in [6.45, 7) is 2.83. The number of aliphatic hydroxyl groups excluding tert-OH is 2. The highest BCUT2D eigenvalue weighted by molar-refractivity contribution is 5.40. The van der Waals surface area contributed by atoms with Crippen molar-refractivity contribution in [3.8, 4) is 17.6 Å². The van der Waals surface area contributed by atoms with Crippen LogP contribution in [0.5, 0.6) is 5.75 Å². The Bertz CT molecular complexity index is 1340. The Balaban J connectivity index is 1.30. The van der Waals surface area contributed by atoms with Crippen molar-refractivity contribution in [1.29, 1.82) is 0 Å². The second-order valence-electron chi connectivity index (χ2n) is 17.4. The molecule has 1 aromatic carbocycles. The molecule has 2 heterocycles. The fourth-order valence-corrected chi connectivity index (χ4v) is 13.6. The lowest BCUT2D eigenvalue weighted by Crippen LogP contribution is -2.84. The number of hydrogen-bond acceptors (Lipinski definition) is 5. The summed E-state index contributed by atoms with van der Waals surface area (Å²) in [5.74, 6) is 10.4. The van der Waals surface area contributed by atoms with Crippen molar-refractivity contribution in [3.05, 3.63) is 29.3 Å². The molecule has 2 aliphatic heterocycles. The Morgan fingerprint density at radius 3 is 2.60 bits per heavy atom. The van der Waals surface area contributed by atoms with Crippen LogP contribution in [0.15, 0.2) is 18.2 Å². The second kappa shape index (κ2) is 11.3. The van der Waals surface area contributed by atoms with Gasteiger partial charge in [0, 0.05) is 37.0 Å². The first-order chi connectivity index (χ1) is 21.7. The van der Waals surface area contributed by atoms with Crippen molar-refractivity contribution in [3.63, 3.8) is 0 Å². The molecule has 5 N–H and O–H groups in total. The topological polar surface area (TPSA) is 95.9 Å². The van der Waals surface area contributed by atoms with E-state index in [1.54, 1.807) is 0 Å². The molecule has 0 radical (unpaired) electrons. The lowest BCUT2D eigenvalue weighted by atomic mass is 9.38. The van der Waals surface area contributed by atoms with Gasteiger partial charge in [0.05, 0.1) is 17.1 Å². The Morgan fingerprint density at radius 1 is 0.956 bits per heavy atom. The summed E-state index contributed by atoms with van der Waals surface area (Å²) in [6.07, 6.45) is 19.4. The molecule has 5 heteroatoms. The highest BCUT2D eigenvalue weighted by Gasteiger charge is 2.76. The van der Waals surface area contributed by atoms with E-state index in [1.807, 2.05) is 12.1 Å². The first kappa shape index (κ1) is 30.7. The van der Waals surface area contributed by atoms with Gasteiger partial charge < -0.3 is 25.8 Å². The molecule has 7 fully saturated rings. The second-order valence-corrected chi connectivity index (χ2v) is 17.4. The molecular formula is C40H57NO4. The smallest absolute Gasteiger partial charge is 0.115 e. The zero-order valence-corrected chi connectivity index (χ0v) is 27.6. The van der Waals surface area contributed by atoms with Crippen LogP contribution >= 0.6 is 0 Å². The molecule has 2 spiro atoms. The molecule has 1 aromatic rings. The van der Waals surface area contributed by atoms with Crippen LogP contribution in [0.25, 0.3) is 0 Å². The fraction of sp³-hybridized carbons (Fsp3) is 0.800. The maximum Gasteiger partial charge on any atom is 0.115 e. The molecule has 5 saturated carbocycles. The Kier molecular flexibility index (Phi) is 7.69. The zero-order valence-electron chi connectivity index (χ0n) is 27.6. The third kappa shape index (κ3) is 4.70. The maximum atomic E-state index is 11.0. The van der Waals surface area contributed by atoms with Gasteiger partial charge in [0.1, 0.15) is 5.75 Å². The molecule has 0 aromatic heterocycles. The summed E-state index contributed by atoms with van der Waals surface area (Å²) in [6, 6.07) is 5.97. The van der Waals surface area contributed by atoms with Crippen LogP contribution in [0.4, 0.5) is 0 Å². The zero-order chi connectivity index (χ0) is 31.0. The molecule has 8 aliphatic rings. The van der Waals surface area contributed by atoms with Gasteiger partial charge >= 0.3 is 0 Å². The highest BCUT2D eigenvalue weighted by atomic mass is 16.5. The Morgan fingerprint density at radius 2 is 1.80 bits per heavy atom. The number of ether oxygens (including phenoxy) is 1. The predicted molar refractivity (Wildman–Crippen MR) is 176 cm³/mol. The van der Waals surface area contributed by atoms with Gasteiger partial charge in [-0.3, -0.25) is 0 Å². The van der Waals surface area contributed by atoms with E-state index in [9.17, 15) is 15.3 Å². The molecule has 9 rings (SSSR count). The van der Waals surface area contributed by atoms with Crippen LogP contribution in [-0.4, -0.2) is 45.3 Å². The molecule has 0 unspecified atom stereocenters. The highest BCUT2D eigenvalue weighted by Crippen LogP contribution is 2.71. The number of rotatable bonds is 4. The van der Waals surface area contributed by atoms with Crippen LogP contribution in [0.1, 0.15) is 114 Å². The van der Waals surface area contributed by atoms with Gasteiger partial charge in [-0.2, -0.15) is 0 Å². The normalized spacial score (nSPS) is 46.4. The number of aliphatic hydroxyl groups is 2. The van der Waals surface area contributed by atoms with E-state index in [0.717, 1.165) is 50.5 Å². The summed E-state index contributed by atoms with van der Waals surface area (Å²) in [5, 5.41) is 31.4. The molecule has 5 nitrogen and oxygen atoms in total. The molecule has 11 atom stereocenters. The van der Waals surface area contributed by atoms with E-state index in [-0.39, 0.29) is 36.6 Å². The monoisotopic (exact) mass is 615 g/mol. The Hall–Kier alpha value is -1.58. The minimum absolute atomic E-state index is 0.0269. The summed E-state index contributed by atoms with van der Waals surface area (Å²) >= 11 is 0. The molecule has 45 heavy (non-hydrogen) atoms. The van der Waals surface area contributed by atoms with Crippen LogP contribution in [0.2, 0.25) is 0 Å². The van der Waals surface area contributed by atoms with Crippen molar-refractivity contribution in [2.45, 2.75) is 133 Å². The van der Waals surface area contributed by atoms with Crippen molar-refractivity contribution in [1.82, 2.24) is 0 Å². The molecule has 246 valence electrons. The summed E-state index contributed by atoms with van der Waals surface area (Å²) in [5.41, 5.74) is 9.58. The number of phenols is 1. The molecule has 6 aliphatic carbocycles. The van der Waals surface area contributed by atoms with Crippen LogP contribution < -0.4 is 5.73 Å². The fourth-order valence-electron chi connectivity index (χ4n) is 13.6. The first-order valence-corrected chi connectivity index (χ1v) is 18.7. The van der Waals surface area contributed by atoms with Crippen LogP contribution in [0, 0.1) is 64.6 Å². The van der Waals surface area contributed by atoms with Crippen molar-refractivity contribution >= 4 is 0 Å². The Labute approximate surface area is 271 Å². The van der Waals surface area contributed by atoms with Gasteiger partial charge in [-0.1, -0.05) is 43.6 Å². The minimum Gasteiger partial charge on any atom is -0.508 e. The van der Waals surface area contributed by atoms with Crippen molar-refractivity contribution in [2.75, 3.05) is 13.2 Å². The van der Waals surface area contributed by atoms with E-state index in [4.69, 9.17) is 10.5 Å². The van der Waals surface area contributed by atoms with Crippen molar-refractivity contribution < 1.29 is 20.1 Å². The largest absolute Gasteiger partial charge is 0.508 e. The summed E-state index contributed by atoms with van der Waals surface area (Å²) < 4.78 is 8.02. The van der Waals surface area contributed by atoms with Crippen LogP contribution in [-0.2, 0) is 17.6 Å². The van der Waals surface area contributed by atoms with Gasteiger partial charge in [-0.15, -0.1) is 0 Å². The third-order valence-corrected chi connectivity index (χ3v) is 15.1. The molecule has 2 saturated heterocycles. The van der Waals surface area contributed by atoms with E-state index in [0.29, 0.717) is 47.2 Å². The molecular weight excluding hydrogens is 558 g/mol. The van der Waals surface area contributed by atoms with Crippen molar-refractivity contribution in [2.24, 2.45) is 58.5 Å². The van der Waals surface area contributed by atoms with E-state index in [2.05, 4.69) is 24.8 Å². The number of phenolic OH excluding ortho intramolecular Hbond substituents is 1. The number of aromatic hydroxyl groups is 1. The van der Waals surface area contributed by atoms with Crippen LogP contribution in [0.3, 0.4) is 0 Å². The molecule has 6 bridgehead atoms. The van der Waals surface area contributed by atoms with Gasteiger partial charge in [-0.05, 0) is 142 Å². The quantitative estimate of drug-likeness (QED) is 0.289. The molecule has 0 amide bonds. The summed E-state index contributed by atoms with van der Waals surface area (Å²) in [7, 11) is 0. The first-order valence-electron chi connectivity index (χ1n) is 18.7. The van der Waals surface area contributed by atoms with E-state index >= 15 is 0 Å². The lowest BCUT2D eigenvalue weighted by Gasteiger charge is -2.75. The number of fused-ring (bicyclic) bond motifs is 4. The van der Waals surface area contributed by atoms with Gasteiger partial charge in [0.25, 0.3) is 0 Å². The lowest BCUT2D eigenvalue weighted by molar-refractivity contribution is -0.362. The third-order valence-electron chi connectivity index (χ3n) is 15.1. The summed E-state index contributed by atoms with van der Waals surface area (Å²) in [4.78, 5) is 0. The van der Waals surface area contributed by atoms with E-state index < -0.39 is 11.1 Å². The number of nitrogens with two attached hydrogens (primary N) is 1. The number of hydrogen-bond donors (Lipinski definition) is 4. The van der Waals surface area contributed by atoms with Gasteiger partial charge in [0.15, 0.2) is 0 Å². The SMILES string of the molecule is C[C@]1([C@@H]2CCC[C@@H](CCO)C2)O[C@@]23C[C@@H]4CC[C@H](CO)[C@](N)([C@@H]2C#CCc2cc(O)ccc2C[C@@H]2C[C@@H]3CC3(CCCC3)C2)[C@@H]41. The van der Waals surface area contributed by atoms with Gasteiger partial charge in [0.2, 0.25) is 0 Å². The average Bonchev–Trinajstić information content (AvgIpc) is 3.46. The predicted octanol–water partition coefficient (Wildman–Crippen LogP) is 6.54. The maximum absolute atomic E-state index is 11.0. The standard InChI is InChI=1S/C40H57NO4/c1-37(31-8-4-6-26(19-31)14-17-42)36-30-10-12-32(25-43)40(36,41)35-9-5-7-28-21-34(44)13-11-29(28)18-27-20-33(39(35,23-30)45-37)24-38(22-27)15-2-3-16-38/h11,13,21,26-27,30-33,35-36,42-44H,2-4,6-8,10,12,14-20,22-25,41H2,1H3/t26-,27+,30-,31+,32+,33+,35+,36-,37+,39+,40-/m0/s1. The average molecular weight is 616 g/mol.